The van der Waals surface area contributed by atoms with E-state index in [9.17, 15) is 8.42 Å². The number of hydrogen-bond acceptors (Lipinski definition) is 6. The quantitative estimate of drug-likeness (QED) is 0.736. The first kappa shape index (κ1) is 18.2. The Kier molecular flexibility index (Phi) is 5.35. The van der Waals surface area contributed by atoms with Crippen LogP contribution in [0.4, 0.5) is 0 Å². The number of hydrogen-bond donors (Lipinski definition) is 1. The summed E-state index contributed by atoms with van der Waals surface area (Å²) in [5, 5.41) is 5.18. The number of nitrogens with one attached hydrogen (secondary N) is 1. The van der Waals surface area contributed by atoms with Crippen molar-refractivity contribution in [1.82, 2.24) is 19.6 Å². The monoisotopic (exact) mass is 396 g/mol. The summed E-state index contributed by atoms with van der Waals surface area (Å²) in [5.74, 6) is 0. The molecule has 6 nitrogen and oxygen atoms in total. The second kappa shape index (κ2) is 7.35. The van der Waals surface area contributed by atoms with Gasteiger partial charge in [-0.2, -0.15) is 4.31 Å². The number of rotatable bonds is 3. The first-order valence-electron chi connectivity index (χ1n) is 7.62. The average Bonchev–Trinajstić information content (AvgIpc) is 3.10. The van der Waals surface area contributed by atoms with E-state index in [1.165, 1.54) is 17.5 Å². The van der Waals surface area contributed by atoms with Gasteiger partial charge in [0.2, 0.25) is 10.0 Å². The maximum atomic E-state index is 13.2. The Morgan fingerprint density at radius 3 is 2.96 bits per heavy atom. The molecule has 1 aliphatic rings. The molecule has 132 valence electrons. The van der Waals surface area contributed by atoms with E-state index >= 15 is 0 Å². The van der Waals surface area contributed by atoms with Crippen LogP contribution in [0.15, 0.2) is 53.1 Å². The summed E-state index contributed by atoms with van der Waals surface area (Å²) < 4.78 is 28.8. The summed E-state index contributed by atoms with van der Waals surface area (Å²) in [6, 6.07) is 7.07. The van der Waals surface area contributed by atoms with Crippen LogP contribution in [0.5, 0.6) is 0 Å². The molecular weight excluding hydrogens is 380 g/mol. The Hall–Kier alpha value is -1.58. The van der Waals surface area contributed by atoms with Crippen molar-refractivity contribution in [3.05, 3.63) is 53.8 Å². The standard InChI is InChI=1S/C16H16N4O2S2.ClH/c21-24(22,13-8-16-14(19-10-13)3-7-23-16)20-6-5-18-11-15(20)12-2-1-4-17-9-12;/h1-4,7-10,15,18H,5-6,11H2;1H. The summed E-state index contributed by atoms with van der Waals surface area (Å²) >= 11 is 1.49. The van der Waals surface area contributed by atoms with Crippen LogP contribution in [0.2, 0.25) is 0 Å². The highest BCUT2D eigenvalue weighted by Gasteiger charge is 2.34. The molecule has 1 fully saturated rings. The first-order chi connectivity index (χ1) is 11.7. The molecule has 4 heterocycles. The van der Waals surface area contributed by atoms with E-state index in [1.54, 1.807) is 22.8 Å². The molecule has 0 saturated carbocycles. The number of fused-ring (bicyclic) bond motifs is 1. The van der Waals surface area contributed by atoms with Gasteiger partial charge in [0.15, 0.2) is 0 Å². The molecule has 25 heavy (non-hydrogen) atoms. The molecule has 3 aromatic heterocycles. The molecule has 3 aromatic rings. The molecule has 0 aliphatic carbocycles. The van der Waals surface area contributed by atoms with E-state index in [0.29, 0.717) is 19.6 Å². The smallest absolute Gasteiger partial charge is 0.245 e. The minimum Gasteiger partial charge on any atom is -0.313 e. The fourth-order valence-corrected chi connectivity index (χ4v) is 5.38. The van der Waals surface area contributed by atoms with E-state index in [1.807, 2.05) is 23.6 Å². The van der Waals surface area contributed by atoms with E-state index in [0.717, 1.165) is 15.8 Å². The maximum Gasteiger partial charge on any atom is 0.245 e. The van der Waals surface area contributed by atoms with Crippen molar-refractivity contribution in [3.8, 4) is 0 Å². The van der Waals surface area contributed by atoms with Gasteiger partial charge in [-0.1, -0.05) is 6.07 Å². The Morgan fingerprint density at radius 2 is 2.16 bits per heavy atom. The highest BCUT2D eigenvalue weighted by molar-refractivity contribution is 7.89. The zero-order valence-electron chi connectivity index (χ0n) is 13.2. The third kappa shape index (κ3) is 3.40. The largest absolute Gasteiger partial charge is 0.313 e. The predicted molar refractivity (Wildman–Crippen MR) is 101 cm³/mol. The van der Waals surface area contributed by atoms with Gasteiger partial charge in [0, 0.05) is 38.2 Å². The Bertz CT molecular complexity index is 962. The van der Waals surface area contributed by atoms with Crippen LogP contribution in [0, 0.1) is 0 Å². The van der Waals surface area contributed by atoms with Gasteiger partial charge in [-0.05, 0) is 29.1 Å². The van der Waals surface area contributed by atoms with Gasteiger partial charge in [-0.25, -0.2) is 8.42 Å². The summed E-state index contributed by atoms with van der Waals surface area (Å²) in [7, 11) is -3.62. The fourth-order valence-electron chi connectivity index (χ4n) is 2.94. The van der Waals surface area contributed by atoms with Crippen molar-refractivity contribution in [2.45, 2.75) is 10.9 Å². The maximum absolute atomic E-state index is 13.2. The normalized spacial score (nSPS) is 18.8. The average molecular weight is 397 g/mol. The van der Waals surface area contributed by atoms with Crippen LogP contribution in [0.3, 0.4) is 0 Å². The second-order valence-electron chi connectivity index (χ2n) is 5.60. The molecule has 1 unspecified atom stereocenters. The molecule has 0 aromatic carbocycles. The molecule has 0 bridgehead atoms. The third-order valence-corrected chi connectivity index (χ3v) is 6.87. The van der Waals surface area contributed by atoms with Crippen molar-refractivity contribution < 1.29 is 8.42 Å². The van der Waals surface area contributed by atoms with Crippen LogP contribution < -0.4 is 5.32 Å². The second-order valence-corrected chi connectivity index (χ2v) is 8.44. The molecule has 1 aliphatic heterocycles. The predicted octanol–water partition coefficient (Wildman–Crippen LogP) is 2.45. The molecule has 4 rings (SSSR count). The van der Waals surface area contributed by atoms with Gasteiger partial charge in [0.25, 0.3) is 0 Å². The molecular formula is C16H17ClN4O2S2. The first-order valence-corrected chi connectivity index (χ1v) is 9.94. The number of pyridine rings is 2. The Morgan fingerprint density at radius 1 is 1.28 bits per heavy atom. The van der Waals surface area contributed by atoms with Crippen LogP contribution in [0.1, 0.15) is 11.6 Å². The Balaban J connectivity index is 0.00000182. The minimum atomic E-state index is -3.62. The lowest BCUT2D eigenvalue weighted by molar-refractivity contribution is 0.271. The minimum absolute atomic E-state index is 0. The van der Waals surface area contributed by atoms with Gasteiger partial charge < -0.3 is 5.32 Å². The summed E-state index contributed by atoms with van der Waals surface area (Å²) in [5.41, 5.74) is 1.71. The van der Waals surface area contributed by atoms with E-state index in [-0.39, 0.29) is 23.3 Å². The molecule has 0 radical (unpaired) electrons. The van der Waals surface area contributed by atoms with Gasteiger partial charge >= 0.3 is 0 Å². The zero-order chi connectivity index (χ0) is 16.6. The topological polar surface area (TPSA) is 75.2 Å². The van der Waals surface area contributed by atoms with Crippen molar-refractivity contribution in [2.24, 2.45) is 0 Å². The van der Waals surface area contributed by atoms with E-state index < -0.39 is 10.0 Å². The number of thiophene rings is 1. The van der Waals surface area contributed by atoms with Gasteiger partial charge in [-0.3, -0.25) is 9.97 Å². The van der Waals surface area contributed by atoms with Crippen molar-refractivity contribution >= 4 is 44.0 Å². The van der Waals surface area contributed by atoms with E-state index in [2.05, 4.69) is 15.3 Å². The zero-order valence-corrected chi connectivity index (χ0v) is 15.6. The van der Waals surface area contributed by atoms with Crippen LogP contribution in [0.25, 0.3) is 10.2 Å². The van der Waals surface area contributed by atoms with E-state index in [4.69, 9.17) is 0 Å². The van der Waals surface area contributed by atoms with Gasteiger partial charge in [-0.15, -0.1) is 23.7 Å². The lowest BCUT2D eigenvalue weighted by Crippen LogP contribution is -2.48. The number of halogens is 1. The van der Waals surface area contributed by atoms with Crippen LogP contribution in [-0.4, -0.2) is 42.3 Å². The number of aromatic nitrogens is 2. The molecule has 0 spiro atoms. The molecule has 1 N–H and O–H groups in total. The number of piperazine rings is 1. The highest BCUT2D eigenvalue weighted by Crippen LogP contribution is 2.30. The van der Waals surface area contributed by atoms with Crippen molar-refractivity contribution in [1.29, 1.82) is 0 Å². The highest BCUT2D eigenvalue weighted by atomic mass is 35.5. The molecule has 1 saturated heterocycles. The summed E-state index contributed by atoms with van der Waals surface area (Å²) in [4.78, 5) is 8.64. The third-order valence-electron chi connectivity index (χ3n) is 4.15. The van der Waals surface area contributed by atoms with Crippen molar-refractivity contribution in [3.63, 3.8) is 0 Å². The fraction of sp³-hybridized carbons (Fsp3) is 0.250. The van der Waals surface area contributed by atoms with Gasteiger partial charge in [0.05, 0.1) is 16.3 Å². The van der Waals surface area contributed by atoms with Crippen LogP contribution >= 0.6 is 23.7 Å². The lowest BCUT2D eigenvalue weighted by atomic mass is 10.1. The molecule has 1 atom stereocenters. The van der Waals surface area contributed by atoms with Crippen molar-refractivity contribution in [2.75, 3.05) is 19.6 Å². The Labute approximate surface area is 156 Å². The lowest BCUT2D eigenvalue weighted by Gasteiger charge is -2.35. The molecule has 9 heteroatoms. The molecule has 0 amide bonds. The van der Waals surface area contributed by atoms with Gasteiger partial charge in [0.1, 0.15) is 4.90 Å². The SMILES string of the molecule is Cl.O=S(=O)(c1cnc2ccsc2c1)N1CCNCC1c1cccnc1. The van der Waals surface area contributed by atoms with Crippen LogP contribution in [-0.2, 0) is 10.0 Å². The number of sulfonamides is 1. The number of nitrogens with zero attached hydrogens (tertiary/aromatic N) is 3. The summed E-state index contributed by atoms with van der Waals surface area (Å²) in [6.07, 6.45) is 4.86. The summed E-state index contributed by atoms with van der Waals surface area (Å²) in [6.45, 7) is 1.62.